The summed E-state index contributed by atoms with van der Waals surface area (Å²) in [6.07, 6.45) is 5.54. The number of nitrogens with zero attached hydrogens (tertiary/aromatic N) is 1. The maximum Gasteiger partial charge on any atom is 0.408 e. The number of alkyl carbamates (subject to hydrolysis) is 1. The number of carbonyl (C=O) groups excluding carboxylic acids is 5. The lowest BCUT2D eigenvalue weighted by molar-refractivity contribution is -0.145. The van der Waals surface area contributed by atoms with Crippen LogP contribution in [0.3, 0.4) is 0 Å². The van der Waals surface area contributed by atoms with Gasteiger partial charge < -0.3 is 39.2 Å². The second-order valence-corrected chi connectivity index (χ2v) is 23.3. The lowest BCUT2D eigenvalue weighted by atomic mass is 9.99. The van der Waals surface area contributed by atoms with Crippen molar-refractivity contribution in [2.75, 3.05) is 20.3 Å². The van der Waals surface area contributed by atoms with Gasteiger partial charge in [0.05, 0.1) is 23.5 Å². The van der Waals surface area contributed by atoms with E-state index in [-0.39, 0.29) is 43.5 Å². The van der Waals surface area contributed by atoms with Crippen molar-refractivity contribution < 1.29 is 42.6 Å². The van der Waals surface area contributed by atoms with Crippen molar-refractivity contribution in [1.82, 2.24) is 20.5 Å². The topological polar surface area (TPSA) is 165 Å². The summed E-state index contributed by atoms with van der Waals surface area (Å²) in [5, 5.41) is 6.49. The van der Waals surface area contributed by atoms with E-state index in [4.69, 9.17) is 18.6 Å². The quantitative estimate of drug-likeness (QED) is 0.0329. The van der Waals surface area contributed by atoms with Gasteiger partial charge in [0, 0.05) is 37.0 Å². The van der Waals surface area contributed by atoms with Gasteiger partial charge in [0.15, 0.2) is 0 Å². The number of ether oxygens (including phenoxy) is 3. The Bertz CT molecular complexity index is 2050. The Labute approximate surface area is 370 Å². The number of likely N-dealkylation sites (N-methyl/N-ethyl adjacent to an activating group) is 1. The predicted octanol–water partition coefficient (Wildman–Crippen LogP) is 9.23. The minimum atomic E-state index is -2.22. The number of para-hydroxylation sites is 1. The highest BCUT2D eigenvalue weighted by Gasteiger charge is 2.39. The van der Waals surface area contributed by atoms with Crippen molar-refractivity contribution in [2.45, 2.75) is 129 Å². The first kappa shape index (κ1) is 50.5. The number of aromatic amines is 1. The molecule has 0 spiro atoms. The van der Waals surface area contributed by atoms with E-state index in [0.717, 1.165) is 22.0 Å². The number of hydrogen-bond donors (Lipinski definition) is 3. The van der Waals surface area contributed by atoms with Gasteiger partial charge in [-0.25, -0.2) is 4.79 Å². The molecule has 1 aromatic heterocycles. The molecule has 334 valence electrons. The van der Waals surface area contributed by atoms with Crippen LogP contribution in [0, 0.1) is 0 Å². The molecule has 13 nitrogen and oxygen atoms in total. The van der Waals surface area contributed by atoms with Crippen LogP contribution >= 0.6 is 15.9 Å². The minimum Gasteiger partial charge on any atom is -0.543 e. The molecule has 3 N–H and O–H groups in total. The molecule has 1 heterocycles. The molecule has 3 atom stereocenters. The normalized spacial score (nSPS) is 13.7. The van der Waals surface area contributed by atoms with Gasteiger partial charge in [-0.05, 0) is 111 Å². The van der Waals surface area contributed by atoms with Gasteiger partial charge in [-0.15, -0.1) is 0 Å². The maximum atomic E-state index is 14.6. The Balaban J connectivity index is 1.93. The molecule has 0 aliphatic carbocycles. The second kappa shape index (κ2) is 22.3. The summed E-state index contributed by atoms with van der Waals surface area (Å²) in [5.41, 5.74) is 2.45. The Kier molecular flexibility index (Phi) is 18.4. The van der Waals surface area contributed by atoms with Crippen LogP contribution in [-0.4, -0.2) is 86.0 Å². The number of hydrogen-bond acceptors (Lipinski definition) is 9. The van der Waals surface area contributed by atoms with Crippen LogP contribution in [0.2, 0.25) is 18.1 Å². The van der Waals surface area contributed by atoms with Gasteiger partial charge in [-0.2, -0.15) is 0 Å². The van der Waals surface area contributed by atoms with E-state index in [1.807, 2.05) is 61.7 Å². The third-order valence-electron chi connectivity index (χ3n) is 10.5. The van der Waals surface area contributed by atoms with Crippen molar-refractivity contribution in [3.63, 3.8) is 0 Å². The van der Waals surface area contributed by atoms with Gasteiger partial charge in [0.2, 0.25) is 11.8 Å². The average molecular weight is 926 g/mol. The summed E-state index contributed by atoms with van der Waals surface area (Å²) in [5.74, 6) is -1.26. The molecule has 0 fully saturated rings. The van der Waals surface area contributed by atoms with Gasteiger partial charge in [0.25, 0.3) is 8.32 Å². The fourth-order valence-corrected chi connectivity index (χ4v) is 7.67. The van der Waals surface area contributed by atoms with Crippen LogP contribution in [0.1, 0.15) is 98.2 Å². The first-order valence-electron chi connectivity index (χ1n) is 20.6. The summed E-state index contributed by atoms with van der Waals surface area (Å²) in [6.45, 7) is 23.1. The molecule has 0 saturated carbocycles. The number of esters is 2. The van der Waals surface area contributed by atoms with E-state index < -0.39 is 55.9 Å². The van der Waals surface area contributed by atoms with E-state index in [9.17, 15) is 24.0 Å². The number of H-pyrrole nitrogens is 1. The fraction of sp³-hybridized carbons (Fsp3) is 0.500. The molecule has 0 aliphatic heterocycles. The predicted molar refractivity (Wildman–Crippen MR) is 245 cm³/mol. The number of rotatable bonds is 20. The van der Waals surface area contributed by atoms with Crippen LogP contribution in [0.25, 0.3) is 10.9 Å². The van der Waals surface area contributed by atoms with Crippen LogP contribution in [-0.2, 0) is 39.8 Å². The average Bonchev–Trinajstić information content (AvgIpc) is 3.58. The Morgan fingerprint density at radius 1 is 0.967 bits per heavy atom. The molecular weight excluding hydrogens is 861 g/mol. The number of amides is 3. The molecule has 0 radical (unpaired) electrons. The standard InChI is InChI=1S/C46H65BrN4O9Si/c1-13-24-57-40(52)23-20-30(2)17-16-25-58-41(53)28-37(32-21-22-39(35(47)26-32)60-61(11,12)46(7,8)9)50-42(54)38(27-33-29-48-36-19-15-14-18-34(33)36)51(10)43(55)31(3)49-44(56)59-45(4,5)6/h13-15,17-19,21-22,26,29,31,37-38,48H,1,16,20,23-25,27-28H2,2-12H3,(H,49,56)(H,50,54)/b30-17+/t31-,37+,38+/m0/s1. The molecule has 3 rings (SSSR count). The molecule has 0 bridgehead atoms. The number of carbonyl (C=O) groups is 5. The lowest BCUT2D eigenvalue weighted by Crippen LogP contribution is -2.55. The first-order chi connectivity index (χ1) is 28.4. The SMILES string of the molecule is C=CCOC(=O)CC/C(C)=C/CCOC(=O)C[C@@H](NC(=O)[C@@H](Cc1c[nH]c2ccccc12)N(C)C(=O)[C@H](C)NC(=O)OC(C)(C)C)c1ccc(O[Si](C)(C)C(C)(C)C)c(Br)c1. The Morgan fingerprint density at radius 2 is 1.66 bits per heavy atom. The zero-order valence-corrected chi connectivity index (χ0v) is 40.2. The number of benzene rings is 2. The number of aromatic nitrogens is 1. The number of nitrogens with one attached hydrogen (secondary N) is 3. The molecule has 3 aromatic rings. The first-order valence-corrected chi connectivity index (χ1v) is 24.3. The molecule has 15 heteroatoms. The smallest absolute Gasteiger partial charge is 0.408 e. The molecular formula is C46H65BrN4O9Si. The number of fused-ring (bicyclic) bond motifs is 1. The van der Waals surface area contributed by atoms with Crippen molar-refractivity contribution >= 4 is 65.0 Å². The van der Waals surface area contributed by atoms with E-state index in [0.29, 0.717) is 28.6 Å². The van der Waals surface area contributed by atoms with Crippen LogP contribution in [0.4, 0.5) is 4.79 Å². The third kappa shape index (κ3) is 15.8. The van der Waals surface area contributed by atoms with Crippen molar-refractivity contribution in [2.24, 2.45) is 0 Å². The van der Waals surface area contributed by atoms with Gasteiger partial charge in [-0.3, -0.25) is 19.2 Å². The van der Waals surface area contributed by atoms with Crippen molar-refractivity contribution in [1.29, 1.82) is 0 Å². The second-order valence-electron chi connectivity index (χ2n) is 17.7. The van der Waals surface area contributed by atoms with E-state index in [1.54, 1.807) is 20.8 Å². The Hall–Kier alpha value is -4.89. The summed E-state index contributed by atoms with van der Waals surface area (Å²) in [7, 11) is -0.703. The lowest BCUT2D eigenvalue weighted by Gasteiger charge is -2.36. The van der Waals surface area contributed by atoms with E-state index in [2.05, 4.69) is 72.0 Å². The minimum absolute atomic E-state index is 0.0560. The van der Waals surface area contributed by atoms with Crippen molar-refractivity contribution in [3.05, 3.63) is 88.6 Å². The van der Waals surface area contributed by atoms with Crippen LogP contribution in [0.5, 0.6) is 5.75 Å². The fourth-order valence-electron chi connectivity index (χ4n) is 6.01. The Morgan fingerprint density at radius 3 is 2.30 bits per heavy atom. The highest BCUT2D eigenvalue weighted by Crippen LogP contribution is 2.40. The summed E-state index contributed by atoms with van der Waals surface area (Å²) < 4.78 is 23.3. The third-order valence-corrected chi connectivity index (χ3v) is 15.4. The zero-order valence-electron chi connectivity index (χ0n) is 37.7. The summed E-state index contributed by atoms with van der Waals surface area (Å²) in [4.78, 5) is 71.1. The largest absolute Gasteiger partial charge is 0.543 e. The molecule has 0 saturated heterocycles. The molecule has 0 aliphatic rings. The summed E-state index contributed by atoms with van der Waals surface area (Å²) in [6, 6.07) is 10.1. The number of allylic oxidation sites excluding steroid dienone is 1. The highest BCUT2D eigenvalue weighted by molar-refractivity contribution is 9.10. The molecule has 2 aromatic carbocycles. The monoisotopic (exact) mass is 924 g/mol. The van der Waals surface area contributed by atoms with Crippen molar-refractivity contribution in [3.8, 4) is 5.75 Å². The van der Waals surface area contributed by atoms with E-state index >= 15 is 0 Å². The molecule has 3 amide bonds. The number of halogens is 1. The maximum absolute atomic E-state index is 14.6. The zero-order chi connectivity index (χ0) is 45.7. The molecule has 61 heavy (non-hydrogen) atoms. The van der Waals surface area contributed by atoms with Gasteiger partial charge >= 0.3 is 18.0 Å². The van der Waals surface area contributed by atoms with Crippen LogP contribution in [0.15, 0.2) is 77.4 Å². The van der Waals surface area contributed by atoms with Crippen LogP contribution < -0.4 is 15.1 Å². The van der Waals surface area contributed by atoms with E-state index in [1.165, 1.54) is 24.9 Å². The van der Waals surface area contributed by atoms with Gasteiger partial charge in [-0.1, -0.05) is 69.3 Å². The summed E-state index contributed by atoms with van der Waals surface area (Å²) >= 11 is 3.68. The van der Waals surface area contributed by atoms with Gasteiger partial charge in [0.1, 0.15) is 30.0 Å². The molecule has 0 unspecified atom stereocenters. The highest BCUT2D eigenvalue weighted by atomic mass is 79.9.